The van der Waals surface area contributed by atoms with E-state index in [1.165, 1.54) is 18.4 Å². The first-order valence-corrected chi connectivity index (χ1v) is 15.9. The van der Waals surface area contributed by atoms with Crippen molar-refractivity contribution in [2.75, 3.05) is 23.3 Å². The minimum Gasteiger partial charge on any atom is -0.434 e. The van der Waals surface area contributed by atoms with Crippen molar-refractivity contribution in [3.8, 4) is 5.75 Å². The number of anilines is 2. The van der Waals surface area contributed by atoms with Crippen molar-refractivity contribution in [2.45, 2.75) is 58.0 Å². The highest BCUT2D eigenvalue weighted by atomic mass is 35.5. The summed E-state index contributed by atoms with van der Waals surface area (Å²) in [6.45, 7) is 5.70. The molecule has 1 amide bonds. The zero-order valence-corrected chi connectivity index (χ0v) is 27.1. The number of carbonyl (C=O) groups is 2. The van der Waals surface area contributed by atoms with Gasteiger partial charge in [-0.3, -0.25) is 4.79 Å². The smallest absolute Gasteiger partial charge is 0.434 e. The molecule has 0 bridgehead atoms. The maximum Gasteiger partial charge on any atom is 0.513 e. The van der Waals surface area contributed by atoms with Gasteiger partial charge in [-0.2, -0.15) is 0 Å². The molecule has 0 fully saturated rings. The first kappa shape index (κ1) is 35.8. The molecule has 250 valence electrons. The monoisotopic (exact) mass is 705 g/mol. The third kappa shape index (κ3) is 9.41. The third-order valence-electron chi connectivity index (χ3n) is 6.21. The summed E-state index contributed by atoms with van der Waals surface area (Å²) in [5.74, 6) is -0.953. The third-order valence-corrected chi connectivity index (χ3v) is 9.07. The largest absolute Gasteiger partial charge is 0.513 e. The number of ether oxygens (including phenoxy) is 2. The maximum atomic E-state index is 13.3. The van der Waals surface area contributed by atoms with Crippen LogP contribution in [0.5, 0.6) is 5.75 Å². The fraction of sp³-hybridized carbons (Fsp3) is 0.400. The van der Waals surface area contributed by atoms with Crippen molar-refractivity contribution < 1.29 is 51.9 Å². The van der Waals surface area contributed by atoms with Crippen molar-refractivity contribution in [1.29, 1.82) is 0 Å². The molecular weight excluding hydrogens is 678 g/mol. The number of nitrogens with one attached hydrogen (secondary N) is 2. The van der Waals surface area contributed by atoms with E-state index < -0.39 is 45.0 Å². The van der Waals surface area contributed by atoms with E-state index >= 15 is 0 Å². The first-order valence-electron chi connectivity index (χ1n) is 13.2. The average Bonchev–Trinajstić information content (AvgIpc) is 3.59. The summed E-state index contributed by atoms with van der Waals surface area (Å²) in [4.78, 5) is 54.6. The molecule has 0 aliphatic carbocycles. The molecule has 1 aromatic carbocycles. The summed E-state index contributed by atoms with van der Waals surface area (Å²) < 4.78 is 43.7. The van der Waals surface area contributed by atoms with Crippen LogP contribution in [-0.4, -0.2) is 55.1 Å². The Hall–Kier alpha value is -4.69. The Kier molecular flexibility index (Phi) is 12.1. The van der Waals surface area contributed by atoms with E-state index in [0.29, 0.717) is 16.7 Å². The summed E-state index contributed by atoms with van der Waals surface area (Å²) >= 11 is 6.90. The predicted octanol–water partition coefficient (Wildman–Crippen LogP) is 5.15. The number of aromatic nitrogens is 1. The lowest BCUT2D eigenvalue weighted by atomic mass is 10.0. The number of halogens is 1. The maximum absolute atomic E-state index is 13.3. The Balaban J connectivity index is 1.64. The van der Waals surface area contributed by atoms with Crippen molar-refractivity contribution in [1.82, 2.24) is 5.16 Å². The number of aryl methyl sites for hydroxylation is 3. The highest BCUT2D eigenvalue weighted by Crippen LogP contribution is 2.35. The highest BCUT2D eigenvalue weighted by Gasteiger charge is 2.28. The molecule has 46 heavy (non-hydrogen) atoms. The van der Waals surface area contributed by atoms with Crippen molar-refractivity contribution in [2.24, 2.45) is 0 Å². The number of nitrogens with zero attached hydrogens (tertiary/aromatic N) is 3. The summed E-state index contributed by atoms with van der Waals surface area (Å²) in [6.07, 6.45) is -1.77. The Bertz CT molecular complexity index is 1720. The van der Waals surface area contributed by atoms with Gasteiger partial charge in [-0.05, 0) is 69.5 Å². The van der Waals surface area contributed by atoms with Gasteiger partial charge in [0.1, 0.15) is 38.9 Å². The van der Waals surface area contributed by atoms with Crippen LogP contribution in [0.2, 0.25) is 5.02 Å². The number of thiophene rings is 1. The van der Waals surface area contributed by atoms with E-state index in [1.807, 2.05) is 0 Å². The normalized spacial score (nSPS) is 11.8. The number of benzene rings is 1. The Morgan fingerprint density at radius 1 is 1.13 bits per heavy atom. The van der Waals surface area contributed by atoms with Crippen molar-refractivity contribution >= 4 is 56.6 Å². The molecule has 3 rings (SSSR count). The molecule has 0 aliphatic rings. The van der Waals surface area contributed by atoms with Gasteiger partial charge in [-0.15, -0.1) is 31.6 Å². The molecule has 1 unspecified atom stereocenters. The number of rotatable bonds is 16. The fourth-order valence-corrected chi connectivity index (χ4v) is 6.63. The number of sulfonamides is 1. The summed E-state index contributed by atoms with van der Waals surface area (Å²) in [5.41, 5.74) is 2.03. The molecule has 21 heteroatoms. The molecule has 2 aromatic heterocycles. The first-order chi connectivity index (χ1) is 21.6. The summed E-state index contributed by atoms with van der Waals surface area (Å²) in [6, 6.07) is 2.89. The number of unbranched alkanes of at least 4 members (excludes halogenated alkanes) is 1. The van der Waals surface area contributed by atoms with E-state index in [1.54, 1.807) is 26.8 Å². The lowest BCUT2D eigenvalue weighted by Crippen LogP contribution is -2.24. The minimum atomic E-state index is -4.30. The molecule has 18 nitrogen and oxygen atoms in total. The van der Waals surface area contributed by atoms with Gasteiger partial charge < -0.3 is 29.0 Å². The highest BCUT2D eigenvalue weighted by molar-refractivity contribution is 7.93. The number of carbonyl (C=O) groups excluding carboxylic acids is 2. The standard InChI is InChI=1S/C25H28ClN5O13S2/c1-13-11-14(2)21(42-25(33)40-9-6-5-7-17(44-31(36)37)12-41-30(34)35)15(3)20(13)27-23(32)22-18(8-10-45-22)46(38,39)29-24-19(26)16(4)28-43-24/h8,10-11,17,29H,5-7,9,12H2,1-4H3,(H,27,32). The molecular formula is C25H28ClN5O13S2. The van der Waals surface area contributed by atoms with E-state index in [9.17, 15) is 38.2 Å². The van der Waals surface area contributed by atoms with Crippen LogP contribution in [0.15, 0.2) is 26.9 Å². The van der Waals surface area contributed by atoms with Crippen LogP contribution in [0, 0.1) is 47.9 Å². The van der Waals surface area contributed by atoms with Gasteiger partial charge in [-0.1, -0.05) is 22.8 Å². The Morgan fingerprint density at radius 3 is 2.48 bits per heavy atom. The summed E-state index contributed by atoms with van der Waals surface area (Å²) in [7, 11) is -4.30. The van der Waals surface area contributed by atoms with Crippen LogP contribution in [-0.2, 0) is 24.4 Å². The second kappa shape index (κ2) is 15.5. The molecule has 0 aliphatic heterocycles. The van der Waals surface area contributed by atoms with Crippen LogP contribution in [0.1, 0.15) is 51.3 Å². The summed E-state index contributed by atoms with van der Waals surface area (Å²) in [5, 5.41) is 26.4. The van der Waals surface area contributed by atoms with Gasteiger partial charge >= 0.3 is 6.16 Å². The lowest BCUT2D eigenvalue weighted by molar-refractivity contribution is -0.790. The van der Waals surface area contributed by atoms with Crippen LogP contribution in [0.4, 0.5) is 16.4 Å². The second-order valence-electron chi connectivity index (χ2n) is 9.59. The zero-order chi connectivity index (χ0) is 34.2. The zero-order valence-electron chi connectivity index (χ0n) is 24.7. The minimum absolute atomic E-state index is 0.0171. The van der Waals surface area contributed by atoms with Crippen LogP contribution >= 0.6 is 22.9 Å². The van der Waals surface area contributed by atoms with Crippen molar-refractivity contribution in [3.63, 3.8) is 0 Å². The second-order valence-corrected chi connectivity index (χ2v) is 12.5. The van der Waals surface area contributed by atoms with E-state index in [-0.39, 0.29) is 63.7 Å². The SMILES string of the molecule is Cc1cc(C)c(OC(=O)OCCCCC(CO[N+](=O)[O-])O[N+](=O)[O-])c(C)c1NC(=O)c1sccc1S(=O)(=O)Nc1onc(C)c1Cl. The van der Waals surface area contributed by atoms with E-state index in [2.05, 4.69) is 24.9 Å². The molecule has 0 saturated heterocycles. The van der Waals surface area contributed by atoms with Gasteiger partial charge in [-0.25, -0.2) is 17.9 Å². The van der Waals surface area contributed by atoms with Crippen LogP contribution in [0.3, 0.4) is 0 Å². The van der Waals surface area contributed by atoms with Gasteiger partial charge in [0.2, 0.25) is 0 Å². The molecule has 0 spiro atoms. The molecule has 2 N–H and O–H groups in total. The molecule has 0 saturated carbocycles. The molecule has 0 radical (unpaired) electrons. The Labute approximate surface area is 270 Å². The molecule has 3 aromatic rings. The quantitative estimate of drug-likeness (QED) is 0.0644. The topological polar surface area (TPSA) is 242 Å². The van der Waals surface area contributed by atoms with Gasteiger partial charge in [0, 0.05) is 5.56 Å². The average molecular weight is 706 g/mol. The van der Waals surface area contributed by atoms with Gasteiger partial charge in [0.15, 0.2) is 0 Å². The fourth-order valence-electron chi connectivity index (χ4n) is 4.14. The van der Waals surface area contributed by atoms with Crippen LogP contribution < -0.4 is 14.8 Å². The van der Waals surface area contributed by atoms with Crippen LogP contribution in [0.25, 0.3) is 0 Å². The lowest BCUT2D eigenvalue weighted by Gasteiger charge is -2.18. The van der Waals surface area contributed by atoms with Gasteiger partial charge in [0.25, 0.3) is 32.0 Å². The molecule has 1 atom stereocenters. The van der Waals surface area contributed by atoms with E-state index in [0.717, 1.165) is 11.3 Å². The molecule has 2 heterocycles. The van der Waals surface area contributed by atoms with Crippen molar-refractivity contribution in [3.05, 3.63) is 70.0 Å². The number of hydrogen-bond donors (Lipinski definition) is 2. The van der Waals surface area contributed by atoms with E-state index in [4.69, 9.17) is 25.6 Å². The number of amides is 1. The number of hydrogen-bond acceptors (Lipinski definition) is 15. The van der Waals surface area contributed by atoms with Gasteiger partial charge in [0.05, 0.1) is 12.3 Å². The Morgan fingerprint density at radius 2 is 1.85 bits per heavy atom. The predicted molar refractivity (Wildman–Crippen MR) is 161 cm³/mol.